The average Bonchev–Trinajstić information content (AvgIpc) is 2.26. The van der Waals surface area contributed by atoms with Crippen LogP contribution in [-0.2, 0) is 12.7 Å². The first-order chi connectivity index (χ1) is 8.41. The molecule has 2 N–H and O–H groups in total. The number of hydrogen-bond acceptors (Lipinski definition) is 3. The van der Waals surface area contributed by atoms with E-state index in [1.165, 1.54) is 12.3 Å². The lowest BCUT2D eigenvalue weighted by Crippen LogP contribution is -2.46. The monoisotopic (exact) mass is 260 g/mol. The molecule has 0 unspecified atom stereocenters. The predicted molar refractivity (Wildman–Crippen MR) is 59.7 cm³/mol. The highest BCUT2D eigenvalue weighted by molar-refractivity contribution is 5.22. The van der Waals surface area contributed by atoms with Crippen molar-refractivity contribution in [2.45, 2.75) is 37.6 Å². The van der Waals surface area contributed by atoms with Gasteiger partial charge in [0.1, 0.15) is 0 Å². The molecule has 1 fully saturated rings. The topological polar surface area (TPSA) is 45.1 Å². The Hall–Kier alpha value is -1.14. The Balaban J connectivity index is 1.96. The molecule has 0 amide bonds. The molecule has 2 rings (SSSR count). The zero-order valence-electron chi connectivity index (χ0n) is 9.80. The maximum atomic E-state index is 12.7. The smallest absolute Gasteiger partial charge is 0.389 e. The third kappa shape index (κ3) is 3.00. The standard InChI is InChI=1S/C12H15F3N2O/c13-12(14,15)9-3-1-6-17-10(9)7-16-8-11(18)4-2-5-11/h1,3,6,16,18H,2,4-5,7-8H2. The first kappa shape index (κ1) is 13.3. The minimum Gasteiger partial charge on any atom is -0.389 e. The lowest BCUT2D eigenvalue weighted by Gasteiger charge is -2.36. The fourth-order valence-electron chi connectivity index (χ4n) is 2.01. The van der Waals surface area contributed by atoms with Gasteiger partial charge in [-0.3, -0.25) is 4.98 Å². The van der Waals surface area contributed by atoms with E-state index in [-0.39, 0.29) is 12.2 Å². The Labute approximate surface area is 103 Å². The van der Waals surface area contributed by atoms with Crippen LogP contribution in [0.5, 0.6) is 0 Å². The van der Waals surface area contributed by atoms with Crippen molar-refractivity contribution in [3.63, 3.8) is 0 Å². The fourth-order valence-corrected chi connectivity index (χ4v) is 2.01. The van der Waals surface area contributed by atoms with Crippen molar-refractivity contribution in [1.82, 2.24) is 10.3 Å². The van der Waals surface area contributed by atoms with Crippen LogP contribution < -0.4 is 5.32 Å². The van der Waals surface area contributed by atoms with E-state index in [2.05, 4.69) is 10.3 Å². The summed E-state index contributed by atoms with van der Waals surface area (Å²) in [4.78, 5) is 3.74. The van der Waals surface area contributed by atoms with E-state index in [0.29, 0.717) is 19.4 Å². The van der Waals surface area contributed by atoms with Crippen LogP contribution in [0.1, 0.15) is 30.5 Å². The number of alkyl halides is 3. The summed E-state index contributed by atoms with van der Waals surface area (Å²) in [6.45, 7) is 0.318. The number of nitrogens with one attached hydrogen (secondary N) is 1. The first-order valence-corrected chi connectivity index (χ1v) is 5.85. The largest absolute Gasteiger partial charge is 0.418 e. The molecular weight excluding hydrogens is 245 g/mol. The number of aliphatic hydroxyl groups is 1. The highest BCUT2D eigenvalue weighted by Gasteiger charge is 2.35. The van der Waals surface area contributed by atoms with Crippen molar-refractivity contribution < 1.29 is 18.3 Å². The van der Waals surface area contributed by atoms with E-state index in [0.717, 1.165) is 12.5 Å². The molecule has 0 bridgehead atoms. The predicted octanol–water partition coefficient (Wildman–Crippen LogP) is 2.10. The summed E-state index contributed by atoms with van der Waals surface area (Å²) in [5, 5.41) is 12.7. The molecule has 1 aliphatic rings. The van der Waals surface area contributed by atoms with Gasteiger partial charge in [0.2, 0.25) is 0 Å². The van der Waals surface area contributed by atoms with Crippen LogP contribution in [-0.4, -0.2) is 22.2 Å². The summed E-state index contributed by atoms with van der Waals surface area (Å²) in [6.07, 6.45) is -0.679. The van der Waals surface area contributed by atoms with Crippen molar-refractivity contribution in [1.29, 1.82) is 0 Å². The molecule has 1 aliphatic carbocycles. The van der Waals surface area contributed by atoms with Gasteiger partial charge in [0, 0.05) is 19.3 Å². The second kappa shape index (κ2) is 4.85. The second-order valence-electron chi connectivity index (χ2n) is 4.68. The molecule has 1 saturated carbocycles. The molecular formula is C12H15F3N2O. The van der Waals surface area contributed by atoms with Crippen LogP contribution in [0.2, 0.25) is 0 Å². The van der Waals surface area contributed by atoms with Crippen molar-refractivity contribution in [2.24, 2.45) is 0 Å². The maximum Gasteiger partial charge on any atom is 0.418 e. The number of halogens is 3. The van der Waals surface area contributed by atoms with Gasteiger partial charge in [-0.1, -0.05) is 0 Å². The average molecular weight is 260 g/mol. The van der Waals surface area contributed by atoms with E-state index in [1.807, 2.05) is 0 Å². The molecule has 6 heteroatoms. The third-order valence-corrected chi connectivity index (χ3v) is 3.23. The zero-order valence-corrected chi connectivity index (χ0v) is 9.80. The van der Waals surface area contributed by atoms with Gasteiger partial charge in [-0.25, -0.2) is 0 Å². The van der Waals surface area contributed by atoms with E-state index in [9.17, 15) is 18.3 Å². The van der Waals surface area contributed by atoms with Crippen LogP contribution in [0.4, 0.5) is 13.2 Å². The van der Waals surface area contributed by atoms with Gasteiger partial charge in [0.05, 0.1) is 16.9 Å². The Morgan fingerprint density at radius 3 is 2.67 bits per heavy atom. The highest BCUT2D eigenvalue weighted by atomic mass is 19.4. The molecule has 0 radical (unpaired) electrons. The maximum absolute atomic E-state index is 12.7. The van der Waals surface area contributed by atoms with E-state index in [4.69, 9.17) is 0 Å². The van der Waals surface area contributed by atoms with E-state index in [1.54, 1.807) is 0 Å². The first-order valence-electron chi connectivity index (χ1n) is 5.85. The van der Waals surface area contributed by atoms with Gasteiger partial charge in [0.15, 0.2) is 0 Å². The Kier molecular flexibility index (Phi) is 3.59. The molecule has 18 heavy (non-hydrogen) atoms. The van der Waals surface area contributed by atoms with Crippen LogP contribution in [0.15, 0.2) is 18.3 Å². The second-order valence-corrected chi connectivity index (χ2v) is 4.68. The summed E-state index contributed by atoms with van der Waals surface area (Å²) in [5.74, 6) is 0. The summed E-state index contributed by atoms with van der Waals surface area (Å²) in [7, 11) is 0. The van der Waals surface area contributed by atoms with Gasteiger partial charge >= 0.3 is 6.18 Å². The zero-order chi connectivity index (χ0) is 13.2. The normalized spacial score (nSPS) is 18.4. The molecule has 100 valence electrons. The van der Waals surface area contributed by atoms with Crippen molar-refractivity contribution in [2.75, 3.05) is 6.54 Å². The summed E-state index contributed by atoms with van der Waals surface area (Å²) in [5.41, 5.74) is -1.50. The SMILES string of the molecule is OC1(CNCc2ncccc2C(F)(F)F)CCC1. The highest BCUT2D eigenvalue weighted by Crippen LogP contribution is 2.32. The van der Waals surface area contributed by atoms with Crippen LogP contribution in [0.3, 0.4) is 0 Å². The number of hydrogen-bond donors (Lipinski definition) is 2. The van der Waals surface area contributed by atoms with Gasteiger partial charge in [-0.2, -0.15) is 13.2 Å². The quantitative estimate of drug-likeness (QED) is 0.871. The van der Waals surface area contributed by atoms with E-state index < -0.39 is 17.3 Å². The number of nitrogens with zero attached hydrogens (tertiary/aromatic N) is 1. The molecule has 3 nitrogen and oxygen atoms in total. The Morgan fingerprint density at radius 2 is 2.11 bits per heavy atom. The molecule has 0 spiro atoms. The van der Waals surface area contributed by atoms with Crippen molar-refractivity contribution in [3.05, 3.63) is 29.6 Å². The molecule has 0 saturated heterocycles. The van der Waals surface area contributed by atoms with Crippen LogP contribution in [0, 0.1) is 0 Å². The molecule has 0 aromatic carbocycles. The van der Waals surface area contributed by atoms with Gasteiger partial charge in [0.25, 0.3) is 0 Å². The molecule has 0 aliphatic heterocycles. The molecule has 1 aromatic rings. The Bertz CT molecular complexity index is 416. The summed E-state index contributed by atoms with van der Waals surface area (Å²) < 4.78 is 38.0. The Morgan fingerprint density at radius 1 is 1.39 bits per heavy atom. The van der Waals surface area contributed by atoms with Gasteiger partial charge < -0.3 is 10.4 Å². The number of pyridine rings is 1. The molecule has 0 atom stereocenters. The van der Waals surface area contributed by atoms with Crippen LogP contribution in [0.25, 0.3) is 0 Å². The minimum atomic E-state index is -4.39. The van der Waals surface area contributed by atoms with Gasteiger partial charge in [-0.15, -0.1) is 0 Å². The minimum absolute atomic E-state index is 0.0119. The lowest BCUT2D eigenvalue weighted by atomic mass is 9.80. The van der Waals surface area contributed by atoms with Gasteiger partial charge in [-0.05, 0) is 31.4 Å². The lowest BCUT2D eigenvalue weighted by molar-refractivity contribution is -0.138. The molecule has 1 heterocycles. The molecule has 1 aromatic heterocycles. The third-order valence-electron chi connectivity index (χ3n) is 3.23. The fraction of sp³-hybridized carbons (Fsp3) is 0.583. The summed E-state index contributed by atoms with van der Waals surface area (Å²) in [6, 6.07) is 2.29. The van der Waals surface area contributed by atoms with E-state index >= 15 is 0 Å². The van der Waals surface area contributed by atoms with Crippen LogP contribution >= 0.6 is 0 Å². The number of rotatable bonds is 4. The number of aromatic nitrogens is 1. The van der Waals surface area contributed by atoms with Crippen molar-refractivity contribution >= 4 is 0 Å². The van der Waals surface area contributed by atoms with Crippen molar-refractivity contribution in [3.8, 4) is 0 Å². The summed E-state index contributed by atoms with van der Waals surface area (Å²) >= 11 is 0.